The topological polar surface area (TPSA) is 62.6 Å². The van der Waals surface area contributed by atoms with Gasteiger partial charge in [0.1, 0.15) is 5.58 Å². The van der Waals surface area contributed by atoms with Gasteiger partial charge in [-0.3, -0.25) is 9.59 Å². The number of para-hydroxylation sites is 1. The van der Waals surface area contributed by atoms with Crippen molar-refractivity contribution in [3.63, 3.8) is 0 Å². The van der Waals surface area contributed by atoms with E-state index in [9.17, 15) is 9.59 Å². The molecule has 1 N–H and O–H groups in total. The van der Waals surface area contributed by atoms with Gasteiger partial charge in [-0.25, -0.2) is 0 Å². The van der Waals surface area contributed by atoms with Gasteiger partial charge >= 0.3 is 0 Å². The third kappa shape index (κ3) is 3.55. The van der Waals surface area contributed by atoms with E-state index in [0.717, 1.165) is 5.39 Å². The van der Waals surface area contributed by atoms with Crippen LogP contribution in [-0.4, -0.2) is 29.8 Å². The Kier molecular flexibility index (Phi) is 4.84. The number of nitrogens with zero attached hydrogens (tertiary/aromatic N) is 1. The molecule has 0 aliphatic rings. The molecule has 5 heteroatoms. The highest BCUT2D eigenvalue weighted by Gasteiger charge is 2.14. The number of anilines is 1. The first kappa shape index (κ1) is 16.8. The Bertz CT molecular complexity index is 860. The van der Waals surface area contributed by atoms with Crippen molar-refractivity contribution in [2.75, 3.05) is 18.4 Å². The lowest BCUT2D eigenvalue weighted by molar-refractivity contribution is 0.0773. The van der Waals surface area contributed by atoms with Crippen molar-refractivity contribution in [1.82, 2.24) is 4.90 Å². The Morgan fingerprint density at radius 2 is 1.68 bits per heavy atom. The Morgan fingerprint density at radius 3 is 2.32 bits per heavy atom. The van der Waals surface area contributed by atoms with Crippen LogP contribution >= 0.6 is 0 Å². The second-order valence-electron chi connectivity index (χ2n) is 5.66. The summed E-state index contributed by atoms with van der Waals surface area (Å²) in [5.74, 6) is -0.0799. The minimum atomic E-state index is -0.320. The molecule has 0 saturated heterocycles. The molecule has 128 valence electrons. The molecule has 0 aliphatic heterocycles. The summed E-state index contributed by atoms with van der Waals surface area (Å²) < 4.78 is 5.55. The van der Waals surface area contributed by atoms with Crippen LogP contribution in [0.1, 0.15) is 34.8 Å². The van der Waals surface area contributed by atoms with Gasteiger partial charge in [0.25, 0.3) is 11.8 Å². The zero-order chi connectivity index (χ0) is 17.8. The second kappa shape index (κ2) is 7.21. The van der Waals surface area contributed by atoms with E-state index in [4.69, 9.17) is 4.42 Å². The van der Waals surface area contributed by atoms with Crippen molar-refractivity contribution < 1.29 is 14.0 Å². The van der Waals surface area contributed by atoms with Gasteiger partial charge in [-0.1, -0.05) is 18.2 Å². The largest absolute Gasteiger partial charge is 0.451 e. The van der Waals surface area contributed by atoms with Gasteiger partial charge in [-0.05, 0) is 50.2 Å². The van der Waals surface area contributed by atoms with E-state index >= 15 is 0 Å². The van der Waals surface area contributed by atoms with Crippen LogP contribution in [0.15, 0.2) is 59.0 Å². The van der Waals surface area contributed by atoms with E-state index in [-0.39, 0.29) is 17.6 Å². The number of amides is 2. The highest BCUT2D eigenvalue weighted by Crippen LogP contribution is 2.20. The molecule has 3 rings (SSSR count). The molecular formula is C20H20N2O3. The Balaban J connectivity index is 1.72. The van der Waals surface area contributed by atoms with Crippen molar-refractivity contribution in [2.24, 2.45) is 0 Å². The Labute approximate surface area is 146 Å². The van der Waals surface area contributed by atoms with Crippen molar-refractivity contribution in [3.8, 4) is 0 Å². The average Bonchev–Trinajstić information content (AvgIpc) is 3.07. The van der Waals surface area contributed by atoms with Gasteiger partial charge in [0.05, 0.1) is 0 Å². The lowest BCUT2D eigenvalue weighted by atomic mass is 10.1. The fourth-order valence-corrected chi connectivity index (χ4v) is 2.68. The van der Waals surface area contributed by atoms with Gasteiger partial charge in [0, 0.05) is 29.7 Å². The highest BCUT2D eigenvalue weighted by atomic mass is 16.3. The molecule has 0 saturated carbocycles. The number of carbonyl (C=O) groups excluding carboxylic acids is 2. The van der Waals surface area contributed by atoms with Gasteiger partial charge in [0.2, 0.25) is 0 Å². The minimum absolute atomic E-state index is 0.0137. The number of hydrogen-bond acceptors (Lipinski definition) is 3. The maximum Gasteiger partial charge on any atom is 0.291 e. The zero-order valence-electron chi connectivity index (χ0n) is 14.3. The maximum atomic E-state index is 12.3. The molecule has 5 nitrogen and oxygen atoms in total. The molecule has 0 atom stereocenters. The fraction of sp³-hybridized carbons (Fsp3) is 0.200. The van der Waals surface area contributed by atoms with Crippen LogP contribution in [0.5, 0.6) is 0 Å². The molecule has 2 aromatic carbocycles. The van der Waals surface area contributed by atoms with Crippen LogP contribution in [0.4, 0.5) is 5.69 Å². The van der Waals surface area contributed by atoms with Gasteiger partial charge in [0.15, 0.2) is 5.76 Å². The number of furan rings is 1. The summed E-state index contributed by atoms with van der Waals surface area (Å²) in [7, 11) is 0. The van der Waals surface area contributed by atoms with Gasteiger partial charge in [-0.15, -0.1) is 0 Å². The van der Waals surface area contributed by atoms with E-state index in [0.29, 0.717) is 29.9 Å². The number of hydrogen-bond donors (Lipinski definition) is 1. The normalized spacial score (nSPS) is 10.6. The lowest BCUT2D eigenvalue weighted by Gasteiger charge is -2.18. The van der Waals surface area contributed by atoms with Gasteiger partial charge in [-0.2, -0.15) is 0 Å². The number of fused-ring (bicyclic) bond motifs is 1. The summed E-state index contributed by atoms with van der Waals surface area (Å²) >= 11 is 0. The molecule has 2 amide bonds. The molecule has 0 fully saturated rings. The van der Waals surface area contributed by atoms with Crippen LogP contribution in [0.25, 0.3) is 11.0 Å². The molecule has 0 bridgehead atoms. The van der Waals surface area contributed by atoms with Crippen LogP contribution in [-0.2, 0) is 0 Å². The second-order valence-corrected chi connectivity index (χ2v) is 5.66. The summed E-state index contributed by atoms with van der Waals surface area (Å²) in [4.78, 5) is 26.4. The molecule has 3 aromatic rings. The SMILES string of the molecule is CCN(CC)C(=O)c1ccc(NC(=O)c2cc3ccccc3o2)cc1. The predicted octanol–water partition coefficient (Wildman–Crippen LogP) is 4.17. The van der Waals surface area contributed by atoms with Crippen LogP contribution in [0.3, 0.4) is 0 Å². The van der Waals surface area contributed by atoms with Crippen LogP contribution < -0.4 is 5.32 Å². The molecule has 25 heavy (non-hydrogen) atoms. The smallest absolute Gasteiger partial charge is 0.291 e. The van der Waals surface area contributed by atoms with Crippen molar-refractivity contribution in [1.29, 1.82) is 0 Å². The Hall–Kier alpha value is -3.08. The number of benzene rings is 2. The summed E-state index contributed by atoms with van der Waals surface area (Å²) in [6.07, 6.45) is 0. The van der Waals surface area contributed by atoms with E-state index in [2.05, 4.69) is 5.32 Å². The summed E-state index contributed by atoms with van der Waals surface area (Å²) in [5.41, 5.74) is 1.89. The molecule has 0 unspecified atom stereocenters. The monoisotopic (exact) mass is 336 g/mol. The average molecular weight is 336 g/mol. The molecule has 0 aliphatic carbocycles. The van der Waals surface area contributed by atoms with Crippen molar-refractivity contribution in [3.05, 3.63) is 65.9 Å². The fourth-order valence-electron chi connectivity index (χ4n) is 2.68. The van der Waals surface area contributed by atoms with E-state index in [1.807, 2.05) is 38.1 Å². The number of carbonyl (C=O) groups is 2. The molecule has 0 radical (unpaired) electrons. The van der Waals surface area contributed by atoms with Gasteiger partial charge < -0.3 is 14.6 Å². The summed E-state index contributed by atoms with van der Waals surface area (Å²) in [5, 5.41) is 3.67. The lowest BCUT2D eigenvalue weighted by Crippen LogP contribution is -2.30. The molecule has 0 spiro atoms. The third-order valence-electron chi connectivity index (χ3n) is 4.09. The third-order valence-corrected chi connectivity index (χ3v) is 4.09. The quantitative estimate of drug-likeness (QED) is 0.761. The van der Waals surface area contributed by atoms with E-state index in [1.54, 1.807) is 35.2 Å². The number of nitrogens with one attached hydrogen (secondary N) is 1. The zero-order valence-corrected chi connectivity index (χ0v) is 14.3. The molecular weight excluding hydrogens is 316 g/mol. The number of rotatable bonds is 5. The van der Waals surface area contributed by atoms with Crippen molar-refractivity contribution in [2.45, 2.75) is 13.8 Å². The Morgan fingerprint density at radius 1 is 1.00 bits per heavy atom. The molecule has 1 aromatic heterocycles. The maximum absolute atomic E-state index is 12.3. The molecule has 1 heterocycles. The van der Waals surface area contributed by atoms with E-state index in [1.165, 1.54) is 0 Å². The predicted molar refractivity (Wildman–Crippen MR) is 97.9 cm³/mol. The first-order valence-electron chi connectivity index (χ1n) is 8.31. The highest BCUT2D eigenvalue weighted by molar-refractivity contribution is 6.05. The first-order chi connectivity index (χ1) is 12.1. The minimum Gasteiger partial charge on any atom is -0.451 e. The van der Waals surface area contributed by atoms with Crippen molar-refractivity contribution >= 4 is 28.5 Å². The summed E-state index contributed by atoms with van der Waals surface area (Å²) in [6, 6.07) is 16.1. The van der Waals surface area contributed by atoms with Crippen LogP contribution in [0, 0.1) is 0 Å². The first-order valence-corrected chi connectivity index (χ1v) is 8.31. The standard InChI is InChI=1S/C20H20N2O3/c1-3-22(4-2)20(24)14-9-11-16(12-10-14)21-19(23)18-13-15-7-5-6-8-17(15)25-18/h5-13H,3-4H2,1-2H3,(H,21,23). The van der Waals surface area contributed by atoms with E-state index < -0.39 is 0 Å². The summed E-state index contributed by atoms with van der Waals surface area (Å²) in [6.45, 7) is 5.23. The van der Waals surface area contributed by atoms with Crippen LogP contribution in [0.2, 0.25) is 0 Å².